The van der Waals surface area contributed by atoms with E-state index in [-0.39, 0.29) is 11.8 Å². The zero-order chi connectivity index (χ0) is 17.6. The maximum atomic E-state index is 12.6. The van der Waals surface area contributed by atoms with Gasteiger partial charge < -0.3 is 10.2 Å². The Balaban J connectivity index is 1.75. The van der Waals surface area contributed by atoms with Crippen molar-refractivity contribution in [2.45, 2.75) is 0 Å². The van der Waals surface area contributed by atoms with Crippen molar-refractivity contribution < 1.29 is 9.59 Å². The Morgan fingerprint density at radius 3 is 2.56 bits per heavy atom. The van der Waals surface area contributed by atoms with Gasteiger partial charge in [-0.25, -0.2) is 4.99 Å². The van der Waals surface area contributed by atoms with Crippen LogP contribution in [0.25, 0.3) is 5.57 Å². The minimum atomic E-state index is -0.314. The molecule has 1 saturated heterocycles. The van der Waals surface area contributed by atoms with E-state index in [4.69, 9.17) is 11.6 Å². The summed E-state index contributed by atoms with van der Waals surface area (Å²) in [5.41, 5.74) is 2.66. The molecule has 0 unspecified atom stereocenters. The average molecular weight is 370 g/mol. The molecule has 25 heavy (non-hydrogen) atoms. The van der Waals surface area contributed by atoms with E-state index in [9.17, 15) is 9.59 Å². The summed E-state index contributed by atoms with van der Waals surface area (Å²) in [6.07, 6.45) is 0. The lowest BCUT2D eigenvalue weighted by molar-refractivity contribution is -0.116. The first-order valence-electron chi connectivity index (χ1n) is 7.50. The maximum Gasteiger partial charge on any atom is 0.264 e. The SMILES string of the molecule is CN1C(=O)C(=C2SC(=Nc3ccc(Cl)cc3)NC2=O)c2ccccc21. The molecule has 0 saturated carbocycles. The quantitative estimate of drug-likeness (QED) is 0.781. The molecule has 2 heterocycles. The van der Waals surface area contributed by atoms with E-state index < -0.39 is 0 Å². The van der Waals surface area contributed by atoms with Gasteiger partial charge in [-0.1, -0.05) is 29.8 Å². The third-order valence-corrected chi connectivity index (χ3v) is 5.20. The number of nitrogens with one attached hydrogen (secondary N) is 1. The molecule has 0 aliphatic carbocycles. The highest BCUT2D eigenvalue weighted by Crippen LogP contribution is 2.42. The molecular formula is C18H12ClN3O2S. The number of benzene rings is 2. The van der Waals surface area contributed by atoms with E-state index in [0.717, 1.165) is 11.3 Å². The van der Waals surface area contributed by atoms with E-state index in [2.05, 4.69) is 10.3 Å². The zero-order valence-corrected chi connectivity index (χ0v) is 14.7. The summed E-state index contributed by atoms with van der Waals surface area (Å²) in [5.74, 6) is -0.502. The number of amides is 2. The predicted molar refractivity (Wildman–Crippen MR) is 101 cm³/mol. The first-order chi connectivity index (χ1) is 12.0. The lowest BCUT2D eigenvalue weighted by Crippen LogP contribution is -2.23. The molecule has 2 aliphatic rings. The van der Waals surface area contributed by atoms with Gasteiger partial charge in [-0.2, -0.15) is 0 Å². The highest BCUT2D eigenvalue weighted by molar-refractivity contribution is 8.18. The largest absolute Gasteiger partial charge is 0.311 e. The summed E-state index contributed by atoms with van der Waals surface area (Å²) in [6, 6.07) is 14.4. The first kappa shape index (κ1) is 15.9. The first-order valence-corrected chi connectivity index (χ1v) is 8.69. The molecule has 0 aromatic heterocycles. The van der Waals surface area contributed by atoms with Crippen molar-refractivity contribution in [1.29, 1.82) is 0 Å². The van der Waals surface area contributed by atoms with E-state index in [1.54, 1.807) is 36.2 Å². The number of rotatable bonds is 1. The summed E-state index contributed by atoms with van der Waals surface area (Å²) in [6.45, 7) is 0. The molecule has 0 atom stereocenters. The predicted octanol–water partition coefficient (Wildman–Crippen LogP) is 3.58. The van der Waals surface area contributed by atoms with Gasteiger partial charge in [-0.05, 0) is 42.1 Å². The number of aliphatic imine (C=N–C) groups is 1. The number of likely N-dealkylation sites (N-methyl/N-ethyl adjacent to an activating group) is 1. The Bertz CT molecular complexity index is 967. The highest BCUT2D eigenvalue weighted by atomic mass is 35.5. The fourth-order valence-electron chi connectivity index (χ4n) is 2.76. The molecule has 4 rings (SSSR count). The number of thioether (sulfide) groups is 1. The van der Waals surface area contributed by atoms with Crippen molar-refractivity contribution in [3.8, 4) is 0 Å². The minimum absolute atomic E-state index is 0.188. The van der Waals surface area contributed by atoms with Crippen LogP contribution in [0.5, 0.6) is 0 Å². The number of nitrogens with zero attached hydrogens (tertiary/aromatic N) is 2. The lowest BCUT2D eigenvalue weighted by Gasteiger charge is -2.08. The molecule has 0 bridgehead atoms. The Morgan fingerprint density at radius 2 is 1.80 bits per heavy atom. The van der Waals surface area contributed by atoms with Gasteiger partial charge in [0, 0.05) is 17.6 Å². The van der Waals surface area contributed by atoms with Gasteiger partial charge in [0.2, 0.25) is 0 Å². The van der Waals surface area contributed by atoms with Gasteiger partial charge in [0.05, 0.1) is 21.9 Å². The van der Waals surface area contributed by atoms with Crippen molar-refractivity contribution in [3.63, 3.8) is 0 Å². The molecular weight excluding hydrogens is 358 g/mol. The van der Waals surface area contributed by atoms with Crippen LogP contribution < -0.4 is 10.2 Å². The van der Waals surface area contributed by atoms with E-state index in [0.29, 0.717) is 26.4 Å². The topological polar surface area (TPSA) is 61.8 Å². The molecule has 1 N–H and O–H groups in total. The van der Waals surface area contributed by atoms with Crippen molar-refractivity contribution in [2.75, 3.05) is 11.9 Å². The van der Waals surface area contributed by atoms with Gasteiger partial charge in [-0.15, -0.1) is 0 Å². The third kappa shape index (κ3) is 2.73. The van der Waals surface area contributed by atoms with Gasteiger partial charge >= 0.3 is 0 Å². The summed E-state index contributed by atoms with van der Waals surface area (Å²) >= 11 is 7.04. The fourth-order valence-corrected chi connectivity index (χ4v) is 3.82. The van der Waals surface area contributed by atoms with Crippen LogP contribution in [0.4, 0.5) is 11.4 Å². The fraction of sp³-hybridized carbons (Fsp3) is 0.0556. The van der Waals surface area contributed by atoms with Crippen LogP contribution in [0.2, 0.25) is 5.02 Å². The summed E-state index contributed by atoms with van der Waals surface area (Å²) in [7, 11) is 1.70. The maximum absolute atomic E-state index is 12.6. The number of para-hydroxylation sites is 1. The van der Waals surface area contributed by atoms with Gasteiger partial charge in [-0.3, -0.25) is 9.59 Å². The second kappa shape index (κ2) is 6.06. The summed E-state index contributed by atoms with van der Waals surface area (Å²) in [4.78, 5) is 31.4. The second-order valence-electron chi connectivity index (χ2n) is 5.54. The second-order valence-corrected chi connectivity index (χ2v) is 6.97. The molecule has 0 spiro atoms. The van der Waals surface area contributed by atoms with Gasteiger partial charge in [0.1, 0.15) is 0 Å². The molecule has 7 heteroatoms. The number of halogens is 1. The number of hydrogen-bond acceptors (Lipinski definition) is 4. The Kier molecular flexibility index (Phi) is 3.86. The van der Waals surface area contributed by atoms with Crippen molar-refractivity contribution in [3.05, 3.63) is 64.0 Å². The van der Waals surface area contributed by atoms with Crippen molar-refractivity contribution in [1.82, 2.24) is 5.32 Å². The highest BCUT2D eigenvalue weighted by Gasteiger charge is 2.37. The summed E-state index contributed by atoms with van der Waals surface area (Å²) in [5, 5.41) is 3.78. The van der Waals surface area contributed by atoms with Crippen molar-refractivity contribution >= 4 is 57.3 Å². The van der Waals surface area contributed by atoms with Crippen LogP contribution in [-0.2, 0) is 9.59 Å². The Hall–Kier alpha value is -2.57. The third-order valence-electron chi connectivity index (χ3n) is 3.96. The van der Waals surface area contributed by atoms with Crippen molar-refractivity contribution in [2.24, 2.45) is 4.99 Å². The number of fused-ring (bicyclic) bond motifs is 1. The molecule has 5 nitrogen and oxygen atoms in total. The van der Waals surface area contributed by atoms with Crippen LogP contribution in [0.3, 0.4) is 0 Å². The van der Waals surface area contributed by atoms with E-state index >= 15 is 0 Å². The molecule has 1 fully saturated rings. The Labute approximate surface area is 153 Å². The smallest absolute Gasteiger partial charge is 0.264 e. The molecule has 2 aromatic carbocycles. The molecule has 2 amide bonds. The van der Waals surface area contributed by atoms with E-state index in [1.807, 2.05) is 24.3 Å². The van der Waals surface area contributed by atoms with Crippen LogP contribution in [0, 0.1) is 0 Å². The van der Waals surface area contributed by atoms with Crippen LogP contribution in [0.1, 0.15) is 5.56 Å². The van der Waals surface area contributed by atoms with Crippen LogP contribution >= 0.6 is 23.4 Å². The lowest BCUT2D eigenvalue weighted by atomic mass is 10.1. The zero-order valence-electron chi connectivity index (χ0n) is 13.1. The molecule has 0 radical (unpaired) electrons. The van der Waals surface area contributed by atoms with Crippen LogP contribution in [-0.4, -0.2) is 24.0 Å². The Morgan fingerprint density at radius 1 is 1.08 bits per heavy atom. The number of anilines is 1. The van der Waals surface area contributed by atoms with Gasteiger partial charge in [0.15, 0.2) is 5.17 Å². The average Bonchev–Trinajstić information content (AvgIpc) is 3.08. The number of hydrogen-bond donors (Lipinski definition) is 1. The number of amidine groups is 1. The summed E-state index contributed by atoms with van der Waals surface area (Å²) < 4.78 is 0. The standard InChI is InChI=1S/C18H12ClN3O2S/c1-22-13-5-3-2-4-12(13)14(17(22)24)15-16(23)21-18(25-15)20-11-8-6-10(19)7-9-11/h2-9H,1H3,(H,20,21,23). The molecule has 2 aromatic rings. The number of carbonyl (C=O) groups excluding carboxylic acids is 2. The van der Waals surface area contributed by atoms with Crippen LogP contribution in [0.15, 0.2) is 58.4 Å². The van der Waals surface area contributed by atoms with Gasteiger partial charge in [0.25, 0.3) is 11.8 Å². The molecule has 124 valence electrons. The monoisotopic (exact) mass is 369 g/mol. The number of carbonyl (C=O) groups is 2. The molecule has 2 aliphatic heterocycles. The minimum Gasteiger partial charge on any atom is -0.311 e. The van der Waals surface area contributed by atoms with E-state index in [1.165, 1.54) is 11.8 Å². The normalized spacial score (nSPS) is 21.0.